The van der Waals surface area contributed by atoms with Crippen LogP contribution in [0.2, 0.25) is 10.0 Å². The number of carbonyl (C=O) groups excluding carboxylic acids is 1. The number of sulfonamides is 1. The van der Waals surface area contributed by atoms with Crippen molar-refractivity contribution in [2.24, 2.45) is 5.14 Å². The number of hydrogen-bond acceptors (Lipinski definition) is 3. The van der Waals surface area contributed by atoms with Crippen molar-refractivity contribution in [3.05, 3.63) is 63.4 Å². The average molecular weight is 391 g/mol. The molecule has 9 heteroatoms. The van der Waals surface area contributed by atoms with Gasteiger partial charge in [-0.1, -0.05) is 35.3 Å². The SMILES string of the molecule is NS(=O)(=O)c1cc(C(=O)NCCc2ccc(F)cc2)c(Cl)cc1Cl. The Hall–Kier alpha value is -1.67. The quantitative estimate of drug-likeness (QED) is 0.822. The van der Waals surface area contributed by atoms with E-state index in [4.69, 9.17) is 28.3 Å². The van der Waals surface area contributed by atoms with Gasteiger partial charge in [0.05, 0.1) is 15.6 Å². The number of rotatable bonds is 5. The molecular weight excluding hydrogens is 378 g/mol. The second-order valence-corrected chi connectivity index (χ2v) is 7.28. The maximum Gasteiger partial charge on any atom is 0.252 e. The number of carbonyl (C=O) groups is 1. The summed E-state index contributed by atoms with van der Waals surface area (Å²) in [5.41, 5.74) is 0.785. The van der Waals surface area contributed by atoms with Gasteiger partial charge >= 0.3 is 0 Å². The summed E-state index contributed by atoms with van der Waals surface area (Å²) in [6.45, 7) is 0.258. The first-order chi connectivity index (χ1) is 11.2. The first-order valence-electron chi connectivity index (χ1n) is 6.73. The Bertz CT molecular complexity index is 871. The molecule has 1 amide bonds. The third-order valence-electron chi connectivity index (χ3n) is 3.19. The number of nitrogens with two attached hydrogens (primary N) is 1. The third kappa shape index (κ3) is 4.67. The molecule has 0 unspecified atom stereocenters. The molecule has 0 saturated carbocycles. The van der Waals surface area contributed by atoms with Gasteiger partial charge in [-0.15, -0.1) is 0 Å². The van der Waals surface area contributed by atoms with Gasteiger partial charge < -0.3 is 5.32 Å². The van der Waals surface area contributed by atoms with Crippen LogP contribution in [0.15, 0.2) is 41.3 Å². The summed E-state index contributed by atoms with van der Waals surface area (Å²) in [5.74, 6) is -0.907. The topological polar surface area (TPSA) is 89.3 Å². The molecule has 0 atom stereocenters. The van der Waals surface area contributed by atoms with E-state index < -0.39 is 15.9 Å². The van der Waals surface area contributed by atoms with Crippen molar-refractivity contribution in [1.29, 1.82) is 0 Å². The molecule has 128 valence electrons. The van der Waals surface area contributed by atoms with Gasteiger partial charge in [-0.25, -0.2) is 17.9 Å². The summed E-state index contributed by atoms with van der Waals surface area (Å²) >= 11 is 11.7. The molecular formula is C15H13Cl2FN2O3S. The number of amides is 1. The van der Waals surface area contributed by atoms with Crippen molar-refractivity contribution in [2.45, 2.75) is 11.3 Å². The van der Waals surface area contributed by atoms with E-state index in [0.717, 1.165) is 17.7 Å². The minimum atomic E-state index is -4.08. The van der Waals surface area contributed by atoms with E-state index in [2.05, 4.69) is 5.32 Å². The Kier molecular flexibility index (Phi) is 5.82. The molecule has 2 aromatic rings. The molecule has 0 aliphatic rings. The van der Waals surface area contributed by atoms with E-state index in [0.29, 0.717) is 6.42 Å². The lowest BCUT2D eigenvalue weighted by Crippen LogP contribution is -2.26. The first kappa shape index (κ1) is 18.7. The van der Waals surface area contributed by atoms with Crippen molar-refractivity contribution >= 4 is 39.1 Å². The standard InChI is InChI=1S/C15H13Cl2FN2O3S/c16-12-8-13(17)14(24(19,22)23)7-11(12)15(21)20-6-5-9-1-3-10(18)4-2-9/h1-4,7-8H,5-6H2,(H,20,21)(H2,19,22,23). The van der Waals surface area contributed by atoms with Gasteiger partial charge in [0.2, 0.25) is 10.0 Å². The smallest absolute Gasteiger partial charge is 0.252 e. The van der Waals surface area contributed by atoms with Crippen LogP contribution in [-0.4, -0.2) is 20.9 Å². The van der Waals surface area contributed by atoms with E-state index in [1.807, 2.05) is 0 Å². The number of halogens is 3. The summed E-state index contributed by atoms with van der Waals surface area (Å²) in [6, 6.07) is 8.05. The predicted octanol–water partition coefficient (Wildman–Crippen LogP) is 2.75. The van der Waals surface area contributed by atoms with Gasteiger partial charge in [0, 0.05) is 6.54 Å². The molecule has 0 aliphatic heterocycles. The normalized spacial score (nSPS) is 11.3. The minimum absolute atomic E-state index is 0.00619. The molecule has 0 aromatic heterocycles. The van der Waals surface area contributed by atoms with Gasteiger partial charge in [0.15, 0.2) is 0 Å². The Labute approximate surface area is 148 Å². The van der Waals surface area contributed by atoms with Gasteiger partial charge in [-0.2, -0.15) is 0 Å². The Balaban J connectivity index is 2.10. The third-order valence-corrected chi connectivity index (χ3v) is 4.87. The van der Waals surface area contributed by atoms with Gasteiger partial charge in [0.25, 0.3) is 5.91 Å². The van der Waals surface area contributed by atoms with E-state index >= 15 is 0 Å². The highest BCUT2D eigenvalue weighted by Crippen LogP contribution is 2.28. The molecule has 0 fully saturated rings. The predicted molar refractivity (Wildman–Crippen MR) is 90.3 cm³/mol. The molecule has 0 heterocycles. The highest BCUT2D eigenvalue weighted by molar-refractivity contribution is 7.89. The van der Waals surface area contributed by atoms with Gasteiger partial charge in [-0.3, -0.25) is 4.79 Å². The highest BCUT2D eigenvalue weighted by Gasteiger charge is 2.19. The van der Waals surface area contributed by atoms with Crippen molar-refractivity contribution in [3.8, 4) is 0 Å². The first-order valence-corrected chi connectivity index (χ1v) is 9.03. The molecule has 24 heavy (non-hydrogen) atoms. The number of benzene rings is 2. The molecule has 0 saturated heterocycles. The second kappa shape index (κ2) is 7.48. The van der Waals surface area contributed by atoms with E-state index in [1.165, 1.54) is 12.1 Å². The lowest BCUT2D eigenvalue weighted by Gasteiger charge is -2.10. The average Bonchev–Trinajstić information content (AvgIpc) is 2.47. The summed E-state index contributed by atoms with van der Waals surface area (Å²) in [7, 11) is -4.08. The van der Waals surface area contributed by atoms with E-state index in [-0.39, 0.29) is 32.9 Å². The lowest BCUT2D eigenvalue weighted by molar-refractivity contribution is 0.0954. The van der Waals surface area contributed by atoms with Crippen LogP contribution in [0.1, 0.15) is 15.9 Å². The highest BCUT2D eigenvalue weighted by atomic mass is 35.5. The summed E-state index contributed by atoms with van der Waals surface area (Å²) in [5, 5.41) is 7.50. The molecule has 2 aromatic carbocycles. The maximum absolute atomic E-state index is 12.8. The van der Waals surface area contributed by atoms with E-state index in [1.54, 1.807) is 12.1 Å². The number of hydrogen-bond donors (Lipinski definition) is 2. The van der Waals surface area contributed by atoms with Crippen LogP contribution < -0.4 is 10.5 Å². The van der Waals surface area contributed by atoms with Crippen molar-refractivity contribution in [2.75, 3.05) is 6.54 Å². The van der Waals surface area contributed by atoms with Crippen LogP contribution in [0.5, 0.6) is 0 Å². The van der Waals surface area contributed by atoms with Crippen molar-refractivity contribution in [3.63, 3.8) is 0 Å². The molecule has 0 spiro atoms. The summed E-state index contributed by atoms with van der Waals surface area (Å²) < 4.78 is 35.7. The van der Waals surface area contributed by atoms with Crippen LogP contribution in [-0.2, 0) is 16.4 Å². The number of nitrogens with one attached hydrogen (secondary N) is 1. The zero-order chi connectivity index (χ0) is 17.9. The Morgan fingerprint density at radius 3 is 2.33 bits per heavy atom. The molecule has 0 aliphatic carbocycles. The van der Waals surface area contributed by atoms with Crippen molar-refractivity contribution < 1.29 is 17.6 Å². The minimum Gasteiger partial charge on any atom is -0.352 e. The second-order valence-electron chi connectivity index (χ2n) is 4.94. The van der Waals surface area contributed by atoms with Crippen LogP contribution in [0, 0.1) is 5.82 Å². The Morgan fingerprint density at radius 2 is 1.75 bits per heavy atom. The largest absolute Gasteiger partial charge is 0.352 e. The zero-order valence-corrected chi connectivity index (χ0v) is 14.6. The maximum atomic E-state index is 12.8. The zero-order valence-electron chi connectivity index (χ0n) is 12.2. The van der Waals surface area contributed by atoms with Crippen LogP contribution in [0.4, 0.5) is 4.39 Å². The van der Waals surface area contributed by atoms with Gasteiger partial charge in [-0.05, 0) is 36.2 Å². The molecule has 3 N–H and O–H groups in total. The Morgan fingerprint density at radius 1 is 1.12 bits per heavy atom. The fraction of sp³-hybridized carbons (Fsp3) is 0.133. The van der Waals surface area contributed by atoms with Crippen LogP contribution in [0.25, 0.3) is 0 Å². The molecule has 0 bridgehead atoms. The van der Waals surface area contributed by atoms with Crippen molar-refractivity contribution in [1.82, 2.24) is 5.32 Å². The lowest BCUT2D eigenvalue weighted by atomic mass is 10.1. The van der Waals surface area contributed by atoms with Crippen LogP contribution in [0.3, 0.4) is 0 Å². The fourth-order valence-corrected chi connectivity index (χ4v) is 3.39. The van der Waals surface area contributed by atoms with Gasteiger partial charge in [0.1, 0.15) is 10.7 Å². The summed E-state index contributed by atoms with van der Waals surface area (Å²) in [6.07, 6.45) is 0.472. The molecule has 0 radical (unpaired) electrons. The number of primary sulfonamides is 1. The molecule has 5 nitrogen and oxygen atoms in total. The molecule has 2 rings (SSSR count). The monoisotopic (exact) mass is 390 g/mol. The summed E-state index contributed by atoms with van der Waals surface area (Å²) in [4.78, 5) is 11.8. The van der Waals surface area contributed by atoms with Crippen LogP contribution >= 0.6 is 23.2 Å². The van der Waals surface area contributed by atoms with E-state index in [9.17, 15) is 17.6 Å². The fourth-order valence-electron chi connectivity index (χ4n) is 1.99.